The highest BCUT2D eigenvalue weighted by molar-refractivity contribution is 7.13. The van der Waals surface area contributed by atoms with E-state index < -0.39 is 24.7 Å². The van der Waals surface area contributed by atoms with Crippen LogP contribution < -0.4 is 11.1 Å². The van der Waals surface area contributed by atoms with Crippen LogP contribution in [0.2, 0.25) is 0 Å². The Balaban J connectivity index is 2.62. The van der Waals surface area contributed by atoms with Crippen LogP contribution in [-0.4, -0.2) is 28.8 Å². The third-order valence-corrected chi connectivity index (χ3v) is 2.36. The molecular weight excluding hydrogens is 247 g/mol. The molecule has 4 N–H and O–H groups in total. The minimum atomic E-state index is -4.35. The largest absolute Gasteiger partial charge is 0.480 e. The number of aliphatic carboxylic acids is 1. The predicted octanol–water partition coefficient (Wildman–Crippen LogP) is 1.20. The molecule has 90 valence electrons. The van der Waals surface area contributed by atoms with Crippen LogP contribution in [0.5, 0.6) is 0 Å². The molecule has 1 rings (SSSR count). The maximum absolute atomic E-state index is 11.8. The minimum absolute atomic E-state index is 0.0102. The van der Waals surface area contributed by atoms with Crippen molar-refractivity contribution in [3.8, 4) is 0 Å². The van der Waals surface area contributed by atoms with E-state index in [1.807, 2.05) is 5.32 Å². The first-order valence-corrected chi connectivity index (χ1v) is 4.92. The molecule has 5 nitrogen and oxygen atoms in total. The van der Waals surface area contributed by atoms with E-state index in [9.17, 15) is 18.0 Å². The molecule has 0 spiro atoms. The summed E-state index contributed by atoms with van der Waals surface area (Å²) in [7, 11) is 0. The Kier molecular flexibility index (Phi) is 3.70. The number of hydrogen-bond donors (Lipinski definition) is 3. The number of nitrogens with one attached hydrogen (secondary N) is 1. The summed E-state index contributed by atoms with van der Waals surface area (Å²) >= 11 is 0.870. The minimum Gasteiger partial charge on any atom is -0.480 e. The standard InChI is InChI=1S/C7H8F3N3O2S/c8-7(9,10)2-12-6-13-3(1-16-6)4(11)5(14)15/h1,4H,2,11H2,(H,12,13)(H,14,15). The Hall–Kier alpha value is -1.35. The van der Waals surface area contributed by atoms with E-state index >= 15 is 0 Å². The molecule has 1 heterocycles. The van der Waals surface area contributed by atoms with Crippen molar-refractivity contribution < 1.29 is 23.1 Å². The van der Waals surface area contributed by atoms with E-state index in [0.29, 0.717) is 0 Å². The van der Waals surface area contributed by atoms with Crippen molar-refractivity contribution in [1.82, 2.24) is 4.98 Å². The van der Waals surface area contributed by atoms with Crippen LogP contribution in [0.15, 0.2) is 5.38 Å². The molecule has 16 heavy (non-hydrogen) atoms. The third-order valence-electron chi connectivity index (χ3n) is 1.55. The summed E-state index contributed by atoms with van der Waals surface area (Å²) in [5, 5.41) is 11.9. The highest BCUT2D eigenvalue weighted by atomic mass is 32.1. The van der Waals surface area contributed by atoms with Gasteiger partial charge in [0.25, 0.3) is 0 Å². The monoisotopic (exact) mass is 255 g/mol. The molecule has 0 amide bonds. The number of nitrogens with two attached hydrogens (primary N) is 1. The first-order chi connectivity index (χ1) is 7.29. The number of anilines is 1. The number of carboxylic acids is 1. The number of carboxylic acid groups (broad SMARTS) is 1. The zero-order valence-corrected chi connectivity index (χ0v) is 8.60. The Morgan fingerprint density at radius 1 is 1.69 bits per heavy atom. The van der Waals surface area contributed by atoms with Gasteiger partial charge in [-0.1, -0.05) is 0 Å². The van der Waals surface area contributed by atoms with Crippen LogP contribution in [-0.2, 0) is 4.79 Å². The zero-order chi connectivity index (χ0) is 12.3. The molecule has 9 heteroatoms. The molecule has 0 saturated carbocycles. The molecule has 1 aromatic rings. The lowest BCUT2D eigenvalue weighted by atomic mass is 10.2. The van der Waals surface area contributed by atoms with Crippen LogP contribution in [0.4, 0.5) is 18.3 Å². The van der Waals surface area contributed by atoms with E-state index in [1.54, 1.807) is 0 Å². The predicted molar refractivity (Wildman–Crippen MR) is 51.2 cm³/mol. The SMILES string of the molecule is NC(C(=O)O)c1csc(NCC(F)(F)F)n1. The van der Waals surface area contributed by atoms with Crippen LogP contribution in [0.1, 0.15) is 11.7 Å². The average Bonchev–Trinajstić information content (AvgIpc) is 2.60. The van der Waals surface area contributed by atoms with Gasteiger partial charge in [0.1, 0.15) is 12.6 Å². The van der Waals surface area contributed by atoms with Gasteiger partial charge in [0.15, 0.2) is 5.13 Å². The summed E-state index contributed by atoms with van der Waals surface area (Å²) in [5.74, 6) is -1.28. The van der Waals surface area contributed by atoms with Crippen LogP contribution in [0.25, 0.3) is 0 Å². The second-order valence-electron chi connectivity index (χ2n) is 2.86. The van der Waals surface area contributed by atoms with E-state index in [2.05, 4.69) is 4.98 Å². The molecule has 1 aromatic heterocycles. The smallest absolute Gasteiger partial charge is 0.405 e. The number of thiazole rings is 1. The highest BCUT2D eigenvalue weighted by Crippen LogP contribution is 2.22. The van der Waals surface area contributed by atoms with Crippen LogP contribution in [0, 0.1) is 0 Å². The molecule has 0 aliphatic carbocycles. The van der Waals surface area contributed by atoms with Gasteiger partial charge in [-0.05, 0) is 0 Å². The summed E-state index contributed by atoms with van der Waals surface area (Å²) < 4.78 is 35.5. The number of alkyl halides is 3. The number of carbonyl (C=O) groups is 1. The van der Waals surface area contributed by atoms with E-state index in [-0.39, 0.29) is 10.8 Å². The van der Waals surface area contributed by atoms with Crippen molar-refractivity contribution in [3.05, 3.63) is 11.1 Å². The number of hydrogen-bond acceptors (Lipinski definition) is 5. The van der Waals surface area contributed by atoms with Gasteiger partial charge in [-0.3, -0.25) is 4.79 Å². The van der Waals surface area contributed by atoms with E-state index in [0.717, 1.165) is 11.3 Å². The molecule has 1 atom stereocenters. The van der Waals surface area contributed by atoms with Crippen molar-refractivity contribution in [2.45, 2.75) is 12.2 Å². The van der Waals surface area contributed by atoms with Crippen molar-refractivity contribution in [2.24, 2.45) is 5.73 Å². The van der Waals surface area contributed by atoms with Crippen LogP contribution in [0.3, 0.4) is 0 Å². The Morgan fingerprint density at radius 2 is 2.31 bits per heavy atom. The van der Waals surface area contributed by atoms with Gasteiger partial charge in [-0.15, -0.1) is 11.3 Å². The average molecular weight is 255 g/mol. The van der Waals surface area contributed by atoms with Crippen molar-refractivity contribution in [2.75, 3.05) is 11.9 Å². The van der Waals surface area contributed by atoms with E-state index in [4.69, 9.17) is 10.8 Å². The molecule has 1 unspecified atom stereocenters. The number of halogens is 3. The maximum atomic E-state index is 11.8. The second kappa shape index (κ2) is 4.66. The van der Waals surface area contributed by atoms with Crippen molar-refractivity contribution >= 4 is 22.4 Å². The number of aromatic nitrogens is 1. The topological polar surface area (TPSA) is 88.2 Å². The second-order valence-corrected chi connectivity index (χ2v) is 3.72. The van der Waals surface area contributed by atoms with Gasteiger partial charge in [-0.25, -0.2) is 4.98 Å². The Bertz CT molecular complexity index is 379. The van der Waals surface area contributed by atoms with Gasteiger partial charge >= 0.3 is 12.1 Å². The van der Waals surface area contributed by atoms with Gasteiger partial charge < -0.3 is 16.2 Å². The van der Waals surface area contributed by atoms with Crippen molar-refractivity contribution in [3.63, 3.8) is 0 Å². The van der Waals surface area contributed by atoms with Gasteiger partial charge in [0, 0.05) is 5.38 Å². The van der Waals surface area contributed by atoms with Gasteiger partial charge in [-0.2, -0.15) is 13.2 Å². The molecule has 0 aromatic carbocycles. The van der Waals surface area contributed by atoms with Crippen LogP contribution >= 0.6 is 11.3 Å². The zero-order valence-electron chi connectivity index (χ0n) is 7.78. The third kappa shape index (κ3) is 3.66. The van der Waals surface area contributed by atoms with Gasteiger partial charge in [0.05, 0.1) is 5.69 Å². The summed E-state index contributed by atoms with van der Waals surface area (Å²) in [6.45, 7) is -1.22. The first kappa shape index (κ1) is 12.7. The van der Waals surface area contributed by atoms with Gasteiger partial charge in [0.2, 0.25) is 0 Å². The summed E-state index contributed by atoms with van der Waals surface area (Å²) in [6, 6.07) is -1.32. The molecule has 0 saturated heterocycles. The summed E-state index contributed by atoms with van der Waals surface area (Å²) in [6.07, 6.45) is -4.35. The fourth-order valence-electron chi connectivity index (χ4n) is 0.813. The number of nitrogens with zero attached hydrogens (tertiary/aromatic N) is 1. The maximum Gasteiger partial charge on any atom is 0.405 e. The molecule has 0 aliphatic heterocycles. The lowest BCUT2D eigenvalue weighted by Gasteiger charge is -2.06. The normalized spacial score (nSPS) is 13.5. The molecule has 0 aliphatic rings. The Labute approximate surface area is 92.1 Å². The molecule has 0 radical (unpaired) electrons. The highest BCUT2D eigenvalue weighted by Gasteiger charge is 2.27. The van der Waals surface area contributed by atoms with E-state index in [1.165, 1.54) is 5.38 Å². The summed E-state index contributed by atoms with van der Waals surface area (Å²) in [5.41, 5.74) is 5.26. The lowest BCUT2D eigenvalue weighted by Crippen LogP contribution is -2.22. The molecular formula is C7H8F3N3O2S. The molecule has 0 bridgehead atoms. The molecule has 0 fully saturated rings. The number of rotatable bonds is 4. The van der Waals surface area contributed by atoms with Crippen molar-refractivity contribution in [1.29, 1.82) is 0 Å². The first-order valence-electron chi connectivity index (χ1n) is 4.04. The summed E-state index contributed by atoms with van der Waals surface area (Å²) in [4.78, 5) is 14.1. The Morgan fingerprint density at radius 3 is 2.81 bits per heavy atom. The fraction of sp³-hybridized carbons (Fsp3) is 0.429. The quantitative estimate of drug-likeness (QED) is 0.752. The lowest BCUT2D eigenvalue weighted by molar-refractivity contribution is -0.138. The fourth-order valence-corrected chi connectivity index (χ4v) is 1.56.